The Balaban J connectivity index is 1.52. The molecule has 0 aliphatic heterocycles. The first-order valence-electron chi connectivity index (χ1n) is 8.11. The molecule has 0 radical (unpaired) electrons. The average molecular weight is 413 g/mol. The van der Waals surface area contributed by atoms with Crippen LogP contribution in [0, 0.1) is 5.82 Å². The first kappa shape index (κ1) is 19.6. The fraction of sp³-hybridized carbons (Fsp3) is 0.211. The van der Waals surface area contributed by atoms with E-state index >= 15 is 0 Å². The maximum atomic E-state index is 13.4. The Morgan fingerprint density at radius 2 is 1.89 bits per heavy atom. The van der Waals surface area contributed by atoms with Crippen molar-refractivity contribution >= 4 is 28.6 Å². The highest BCUT2D eigenvalue weighted by Crippen LogP contribution is 2.32. The number of benzene rings is 1. The molecule has 2 nitrogen and oxygen atoms in total. The van der Waals surface area contributed by atoms with Gasteiger partial charge in [0.1, 0.15) is 5.82 Å². The van der Waals surface area contributed by atoms with E-state index in [2.05, 4.69) is 17.4 Å². The van der Waals surface area contributed by atoms with E-state index in [1.807, 2.05) is 17.5 Å². The molecule has 2 heterocycles. The van der Waals surface area contributed by atoms with Crippen LogP contribution in [0.2, 0.25) is 0 Å². The highest BCUT2D eigenvalue weighted by atomic mass is 32.1. The number of aryl methyl sites for hydroxylation is 1. The molecule has 27 heavy (non-hydrogen) atoms. The summed E-state index contributed by atoms with van der Waals surface area (Å²) in [5.74, 6) is -1.81. The summed E-state index contributed by atoms with van der Waals surface area (Å²) in [5.41, 5.74) is -1.51. The van der Waals surface area contributed by atoms with Gasteiger partial charge in [-0.2, -0.15) is 13.2 Å². The van der Waals surface area contributed by atoms with Crippen molar-refractivity contribution < 1.29 is 22.4 Å². The second-order valence-corrected chi connectivity index (χ2v) is 7.95. The minimum Gasteiger partial charge on any atom is -0.352 e. The number of carbonyl (C=O) groups excluding carboxylic acids is 1. The van der Waals surface area contributed by atoms with E-state index < -0.39 is 23.5 Å². The van der Waals surface area contributed by atoms with Gasteiger partial charge >= 0.3 is 6.18 Å². The summed E-state index contributed by atoms with van der Waals surface area (Å²) >= 11 is 3.34. The van der Waals surface area contributed by atoms with Crippen molar-refractivity contribution in [3.05, 3.63) is 69.7 Å². The smallest absolute Gasteiger partial charge is 0.352 e. The van der Waals surface area contributed by atoms with Crippen molar-refractivity contribution in [3.63, 3.8) is 0 Å². The number of amides is 1. The molecule has 0 atom stereocenters. The van der Waals surface area contributed by atoms with Crippen LogP contribution in [0.5, 0.6) is 0 Å². The van der Waals surface area contributed by atoms with E-state index in [0.717, 1.165) is 17.4 Å². The summed E-state index contributed by atoms with van der Waals surface area (Å²) < 4.78 is 51.5. The summed E-state index contributed by atoms with van der Waals surface area (Å²) in [6.45, 7) is 0.295. The van der Waals surface area contributed by atoms with E-state index in [4.69, 9.17) is 0 Å². The molecule has 1 N–H and O–H groups in total. The highest BCUT2D eigenvalue weighted by molar-refractivity contribution is 7.21. The zero-order chi connectivity index (χ0) is 19.4. The summed E-state index contributed by atoms with van der Waals surface area (Å²) in [6.07, 6.45) is -3.32. The van der Waals surface area contributed by atoms with Crippen molar-refractivity contribution in [1.82, 2.24) is 5.32 Å². The number of nitrogens with one attached hydrogen (secondary N) is 1. The predicted octanol–water partition coefficient (Wildman–Crippen LogP) is 6.00. The molecule has 0 aliphatic rings. The summed E-state index contributed by atoms with van der Waals surface area (Å²) in [5, 5.41) is 4.56. The number of rotatable bonds is 6. The van der Waals surface area contributed by atoms with Gasteiger partial charge in [-0.3, -0.25) is 4.79 Å². The quantitative estimate of drug-likeness (QED) is 0.390. The minimum atomic E-state index is -4.70. The van der Waals surface area contributed by atoms with Crippen LogP contribution < -0.4 is 5.32 Å². The van der Waals surface area contributed by atoms with E-state index in [-0.39, 0.29) is 5.56 Å². The SMILES string of the molecule is O=C(NCCCc1ccc(-c2cccs2)s1)c1cc(F)cc(C(F)(F)F)c1. The zero-order valence-electron chi connectivity index (χ0n) is 14.0. The molecule has 142 valence electrons. The lowest BCUT2D eigenvalue weighted by Gasteiger charge is -2.10. The molecule has 0 aliphatic carbocycles. The molecule has 0 fully saturated rings. The minimum absolute atomic E-state index is 0.295. The van der Waals surface area contributed by atoms with Gasteiger partial charge < -0.3 is 5.32 Å². The monoisotopic (exact) mass is 413 g/mol. The van der Waals surface area contributed by atoms with Gasteiger partial charge in [0.2, 0.25) is 0 Å². The number of carbonyl (C=O) groups is 1. The lowest BCUT2D eigenvalue weighted by Crippen LogP contribution is -2.25. The first-order chi connectivity index (χ1) is 12.8. The van der Waals surface area contributed by atoms with Crippen LogP contribution in [0.1, 0.15) is 27.2 Å². The van der Waals surface area contributed by atoms with Crippen LogP contribution in [-0.2, 0) is 12.6 Å². The van der Waals surface area contributed by atoms with Gasteiger partial charge in [-0.1, -0.05) is 6.07 Å². The Kier molecular flexibility index (Phi) is 5.96. The Hall–Kier alpha value is -2.19. The molecular formula is C19H15F4NOS2. The predicted molar refractivity (Wildman–Crippen MR) is 99.7 cm³/mol. The fourth-order valence-corrected chi connectivity index (χ4v) is 4.40. The molecule has 8 heteroatoms. The maximum Gasteiger partial charge on any atom is 0.416 e. The standard InChI is InChI=1S/C19H15F4NOS2/c20-14-10-12(9-13(11-14)19(21,22)23)18(25)24-7-1-3-15-5-6-17(27-15)16-4-2-8-26-16/h2,4-6,8-11H,1,3,7H2,(H,24,25). The van der Waals surface area contributed by atoms with Crippen molar-refractivity contribution in [3.8, 4) is 9.75 Å². The number of hydrogen-bond acceptors (Lipinski definition) is 3. The topological polar surface area (TPSA) is 29.1 Å². The molecule has 2 aromatic heterocycles. The third kappa shape index (κ3) is 5.17. The van der Waals surface area contributed by atoms with Crippen LogP contribution >= 0.6 is 22.7 Å². The summed E-state index contributed by atoms with van der Waals surface area (Å²) in [6, 6.07) is 9.96. The number of hydrogen-bond donors (Lipinski definition) is 1. The van der Waals surface area contributed by atoms with E-state index in [1.165, 1.54) is 9.75 Å². The third-order valence-electron chi connectivity index (χ3n) is 3.80. The van der Waals surface area contributed by atoms with Gasteiger partial charge in [0, 0.05) is 26.7 Å². The Morgan fingerprint density at radius 1 is 1.07 bits per heavy atom. The van der Waals surface area contributed by atoms with Crippen LogP contribution in [0.15, 0.2) is 47.8 Å². The van der Waals surface area contributed by atoms with Crippen LogP contribution in [-0.4, -0.2) is 12.5 Å². The molecule has 0 saturated heterocycles. The lowest BCUT2D eigenvalue weighted by molar-refractivity contribution is -0.137. The largest absolute Gasteiger partial charge is 0.416 e. The van der Waals surface area contributed by atoms with Crippen molar-refractivity contribution in [1.29, 1.82) is 0 Å². The van der Waals surface area contributed by atoms with Crippen LogP contribution in [0.4, 0.5) is 17.6 Å². The zero-order valence-corrected chi connectivity index (χ0v) is 15.6. The number of alkyl halides is 3. The van der Waals surface area contributed by atoms with Gasteiger partial charge in [0.15, 0.2) is 0 Å². The third-order valence-corrected chi connectivity index (χ3v) is 6.01. The van der Waals surface area contributed by atoms with Crippen molar-refractivity contribution in [2.24, 2.45) is 0 Å². The molecule has 0 bridgehead atoms. The number of thiophene rings is 2. The van der Waals surface area contributed by atoms with Crippen LogP contribution in [0.25, 0.3) is 9.75 Å². The van der Waals surface area contributed by atoms with Crippen LogP contribution in [0.3, 0.4) is 0 Å². The Morgan fingerprint density at radius 3 is 2.59 bits per heavy atom. The highest BCUT2D eigenvalue weighted by Gasteiger charge is 2.31. The fourth-order valence-electron chi connectivity index (χ4n) is 2.51. The molecule has 3 aromatic rings. The second kappa shape index (κ2) is 8.22. The molecule has 0 saturated carbocycles. The summed E-state index contributed by atoms with van der Waals surface area (Å²) in [4.78, 5) is 15.6. The molecule has 3 rings (SSSR count). The van der Waals surface area contributed by atoms with E-state index in [0.29, 0.717) is 25.1 Å². The van der Waals surface area contributed by atoms with Gasteiger partial charge in [0.25, 0.3) is 5.91 Å². The molecule has 1 aromatic carbocycles. The lowest BCUT2D eigenvalue weighted by atomic mass is 10.1. The summed E-state index contributed by atoms with van der Waals surface area (Å²) in [7, 11) is 0. The van der Waals surface area contributed by atoms with Gasteiger partial charge in [-0.15, -0.1) is 22.7 Å². The van der Waals surface area contributed by atoms with Gasteiger partial charge in [-0.25, -0.2) is 4.39 Å². The Labute approximate surface area is 161 Å². The van der Waals surface area contributed by atoms with Gasteiger partial charge in [-0.05, 0) is 54.6 Å². The number of halogens is 4. The molecule has 0 unspecified atom stereocenters. The molecular weight excluding hydrogens is 398 g/mol. The molecule has 1 amide bonds. The Bertz CT molecular complexity index is 916. The van der Waals surface area contributed by atoms with Crippen molar-refractivity contribution in [2.75, 3.05) is 6.54 Å². The van der Waals surface area contributed by atoms with Crippen molar-refractivity contribution in [2.45, 2.75) is 19.0 Å². The van der Waals surface area contributed by atoms with Gasteiger partial charge in [0.05, 0.1) is 5.56 Å². The normalized spacial score (nSPS) is 11.6. The van der Waals surface area contributed by atoms with E-state index in [9.17, 15) is 22.4 Å². The first-order valence-corrected chi connectivity index (χ1v) is 9.81. The van der Waals surface area contributed by atoms with E-state index in [1.54, 1.807) is 22.7 Å². The second-order valence-electron chi connectivity index (χ2n) is 5.83. The average Bonchev–Trinajstić information content (AvgIpc) is 3.28. The maximum absolute atomic E-state index is 13.4. The molecule has 0 spiro atoms.